The van der Waals surface area contributed by atoms with Crippen LogP contribution in [0.15, 0.2) is 59.7 Å². The molecule has 0 saturated heterocycles. The fourth-order valence-electron chi connectivity index (χ4n) is 3.23. The Morgan fingerprint density at radius 3 is 2.86 bits per heavy atom. The van der Waals surface area contributed by atoms with E-state index in [0.29, 0.717) is 28.1 Å². The maximum atomic E-state index is 13.8. The van der Waals surface area contributed by atoms with Crippen molar-refractivity contribution in [2.75, 3.05) is 12.4 Å². The van der Waals surface area contributed by atoms with Crippen LogP contribution in [0.25, 0.3) is 16.6 Å². The number of methoxy groups -OCH3 is 1. The van der Waals surface area contributed by atoms with Gasteiger partial charge in [-0.25, -0.2) is 9.37 Å². The number of nitrogens with zero attached hydrogens (tertiary/aromatic N) is 3. The highest BCUT2D eigenvalue weighted by molar-refractivity contribution is 5.92. The summed E-state index contributed by atoms with van der Waals surface area (Å²) in [4.78, 5) is 29.3. The fraction of sp³-hybridized carbons (Fsp3) is 0.150. The number of nitrogens with one attached hydrogen (secondary N) is 1. The van der Waals surface area contributed by atoms with Crippen LogP contribution in [0.1, 0.15) is 6.42 Å². The van der Waals surface area contributed by atoms with Crippen LogP contribution in [0.4, 0.5) is 10.1 Å². The maximum absolute atomic E-state index is 13.8. The molecule has 0 atom stereocenters. The number of carbonyl (C=O) groups excluding carboxylic acids is 1. The van der Waals surface area contributed by atoms with Crippen molar-refractivity contribution in [3.05, 3.63) is 71.0 Å². The number of anilines is 1. The zero-order valence-electron chi connectivity index (χ0n) is 15.1. The summed E-state index contributed by atoms with van der Waals surface area (Å²) in [7, 11) is 1.46. The molecule has 0 unspecified atom stereocenters. The summed E-state index contributed by atoms with van der Waals surface area (Å²) in [6.45, 7) is 0.106. The number of halogens is 1. The molecular weight excluding hydrogens is 363 g/mol. The quantitative estimate of drug-likeness (QED) is 0.578. The van der Waals surface area contributed by atoms with Gasteiger partial charge in [0.15, 0.2) is 0 Å². The van der Waals surface area contributed by atoms with E-state index in [4.69, 9.17) is 4.74 Å². The van der Waals surface area contributed by atoms with Crippen molar-refractivity contribution in [2.24, 2.45) is 0 Å². The Labute approximate surface area is 159 Å². The third-order valence-electron chi connectivity index (χ3n) is 4.50. The minimum Gasteiger partial charge on any atom is -0.480 e. The van der Waals surface area contributed by atoms with Crippen LogP contribution < -0.4 is 15.6 Å². The van der Waals surface area contributed by atoms with Crippen molar-refractivity contribution < 1.29 is 13.9 Å². The summed E-state index contributed by atoms with van der Waals surface area (Å²) in [5.41, 5.74) is 1.75. The number of hydrogen-bond donors (Lipinski definition) is 1. The topological polar surface area (TPSA) is 77.6 Å². The minimum atomic E-state index is -0.447. The van der Waals surface area contributed by atoms with E-state index in [1.165, 1.54) is 23.8 Å². The number of hydrogen-bond acceptors (Lipinski definition) is 4. The van der Waals surface area contributed by atoms with Gasteiger partial charge in [0.05, 0.1) is 18.1 Å². The summed E-state index contributed by atoms with van der Waals surface area (Å²) in [5, 5.41) is 2.72. The molecule has 3 heterocycles. The molecule has 0 aliphatic carbocycles. The van der Waals surface area contributed by atoms with Crippen molar-refractivity contribution in [2.45, 2.75) is 13.0 Å². The Morgan fingerprint density at radius 2 is 2.04 bits per heavy atom. The lowest BCUT2D eigenvalue weighted by atomic mass is 10.2. The Kier molecular flexibility index (Phi) is 4.52. The van der Waals surface area contributed by atoms with Gasteiger partial charge in [0.25, 0.3) is 5.56 Å². The predicted molar refractivity (Wildman–Crippen MR) is 103 cm³/mol. The third kappa shape index (κ3) is 3.09. The van der Waals surface area contributed by atoms with E-state index in [1.807, 2.05) is 0 Å². The molecule has 3 aromatic heterocycles. The average molecular weight is 380 g/mol. The minimum absolute atomic E-state index is 0.0282. The molecular formula is C20H17FN4O3. The first-order valence-electron chi connectivity index (χ1n) is 8.66. The second-order valence-electron chi connectivity index (χ2n) is 6.21. The second kappa shape index (κ2) is 7.15. The molecule has 4 rings (SSSR count). The lowest BCUT2D eigenvalue weighted by Crippen LogP contribution is -2.25. The van der Waals surface area contributed by atoms with Crippen LogP contribution in [0.2, 0.25) is 0 Å². The molecule has 0 radical (unpaired) electrons. The standard InChI is InChI=1S/C20H17FN4O3/c1-28-19-14(4-2-9-22-19)23-18(26)8-11-25-17-12-13(21)6-7-15(17)24-10-3-5-16(24)20(25)27/h2-7,9-10,12H,8,11H2,1H3,(H,23,26). The number of aryl methyl sites for hydroxylation is 1. The highest BCUT2D eigenvalue weighted by atomic mass is 19.1. The second-order valence-corrected chi connectivity index (χ2v) is 6.21. The van der Waals surface area contributed by atoms with E-state index in [2.05, 4.69) is 10.3 Å². The van der Waals surface area contributed by atoms with Crippen LogP contribution in [0.5, 0.6) is 5.88 Å². The monoisotopic (exact) mass is 380 g/mol. The number of aromatic nitrogens is 3. The summed E-state index contributed by atoms with van der Waals surface area (Å²) in [5.74, 6) is -0.454. The van der Waals surface area contributed by atoms with Crippen molar-refractivity contribution >= 4 is 28.1 Å². The summed E-state index contributed by atoms with van der Waals surface area (Å²) < 4.78 is 22.1. The first-order valence-corrected chi connectivity index (χ1v) is 8.66. The number of pyridine rings is 1. The Morgan fingerprint density at radius 1 is 1.18 bits per heavy atom. The van der Waals surface area contributed by atoms with Gasteiger partial charge in [-0.2, -0.15) is 0 Å². The van der Waals surface area contributed by atoms with Gasteiger partial charge >= 0.3 is 0 Å². The van der Waals surface area contributed by atoms with Gasteiger partial charge in [-0.3, -0.25) is 9.59 Å². The zero-order valence-corrected chi connectivity index (χ0v) is 15.1. The van der Waals surface area contributed by atoms with Crippen LogP contribution in [-0.4, -0.2) is 27.0 Å². The number of rotatable bonds is 5. The molecule has 0 fully saturated rings. The number of ether oxygens (including phenoxy) is 1. The van der Waals surface area contributed by atoms with Gasteiger partial charge in [-0.05, 0) is 42.5 Å². The van der Waals surface area contributed by atoms with Gasteiger partial charge in [0.2, 0.25) is 11.8 Å². The van der Waals surface area contributed by atoms with E-state index in [9.17, 15) is 14.0 Å². The van der Waals surface area contributed by atoms with Gasteiger partial charge < -0.3 is 19.0 Å². The Balaban J connectivity index is 1.65. The normalized spacial score (nSPS) is 11.1. The van der Waals surface area contributed by atoms with Gasteiger partial charge in [-0.1, -0.05) is 0 Å². The first-order chi connectivity index (χ1) is 13.6. The largest absolute Gasteiger partial charge is 0.480 e. The van der Waals surface area contributed by atoms with E-state index in [-0.39, 0.29) is 24.4 Å². The van der Waals surface area contributed by atoms with Crippen molar-refractivity contribution in [3.63, 3.8) is 0 Å². The summed E-state index contributed by atoms with van der Waals surface area (Å²) in [6, 6.07) is 11.1. The lowest BCUT2D eigenvalue weighted by Gasteiger charge is -2.13. The van der Waals surface area contributed by atoms with E-state index >= 15 is 0 Å². The van der Waals surface area contributed by atoms with Crippen LogP contribution in [0, 0.1) is 5.82 Å². The van der Waals surface area contributed by atoms with Crippen LogP contribution in [-0.2, 0) is 11.3 Å². The lowest BCUT2D eigenvalue weighted by molar-refractivity contribution is -0.116. The van der Waals surface area contributed by atoms with Crippen LogP contribution >= 0.6 is 0 Å². The number of carbonyl (C=O) groups is 1. The molecule has 1 aromatic carbocycles. The highest BCUT2D eigenvalue weighted by Crippen LogP contribution is 2.20. The first kappa shape index (κ1) is 17.7. The molecule has 1 amide bonds. The molecule has 8 heteroatoms. The molecule has 0 bridgehead atoms. The highest BCUT2D eigenvalue weighted by Gasteiger charge is 2.13. The smallest absolute Gasteiger partial charge is 0.275 e. The van der Waals surface area contributed by atoms with Crippen molar-refractivity contribution in [3.8, 4) is 5.88 Å². The zero-order chi connectivity index (χ0) is 19.7. The maximum Gasteiger partial charge on any atom is 0.275 e. The number of benzene rings is 1. The molecule has 0 spiro atoms. The molecule has 0 aliphatic heterocycles. The predicted octanol–water partition coefficient (Wildman–Crippen LogP) is 2.83. The van der Waals surface area contributed by atoms with E-state index < -0.39 is 5.82 Å². The van der Waals surface area contributed by atoms with Crippen molar-refractivity contribution in [1.29, 1.82) is 0 Å². The number of fused-ring (bicyclic) bond motifs is 3. The van der Waals surface area contributed by atoms with Crippen LogP contribution in [0.3, 0.4) is 0 Å². The molecule has 0 aliphatic rings. The van der Waals surface area contributed by atoms with Gasteiger partial charge in [-0.15, -0.1) is 0 Å². The SMILES string of the molecule is COc1ncccc1NC(=O)CCn1c(=O)c2cccn2c2ccc(F)cc21. The molecule has 28 heavy (non-hydrogen) atoms. The van der Waals surface area contributed by atoms with Crippen molar-refractivity contribution in [1.82, 2.24) is 14.0 Å². The summed E-state index contributed by atoms with van der Waals surface area (Å²) >= 11 is 0. The average Bonchev–Trinajstić information content (AvgIpc) is 3.18. The third-order valence-corrected chi connectivity index (χ3v) is 4.50. The number of amides is 1. The molecule has 4 aromatic rings. The van der Waals surface area contributed by atoms with Gasteiger partial charge in [0.1, 0.15) is 17.0 Å². The van der Waals surface area contributed by atoms with E-state index in [0.717, 1.165) is 0 Å². The molecule has 0 saturated carbocycles. The Hall–Kier alpha value is -3.68. The molecule has 7 nitrogen and oxygen atoms in total. The fourth-order valence-corrected chi connectivity index (χ4v) is 3.23. The van der Waals surface area contributed by atoms with E-state index in [1.54, 1.807) is 47.1 Å². The molecule has 142 valence electrons. The summed E-state index contributed by atoms with van der Waals surface area (Å²) in [6.07, 6.45) is 3.34. The Bertz CT molecular complexity index is 1250. The van der Waals surface area contributed by atoms with Gasteiger partial charge in [0, 0.05) is 25.4 Å². The molecule has 1 N–H and O–H groups in total.